The fourth-order valence-corrected chi connectivity index (χ4v) is 5.84. The molecule has 3 aromatic carbocycles. The molecule has 1 unspecified atom stereocenters. The second kappa shape index (κ2) is 12.9. The molecule has 0 radical (unpaired) electrons. The average Bonchev–Trinajstić information content (AvgIpc) is 2.88. The average molecular weight is 584 g/mol. The summed E-state index contributed by atoms with van der Waals surface area (Å²) < 4.78 is 29.0. The number of halogens is 1. The summed E-state index contributed by atoms with van der Waals surface area (Å²) in [6.07, 6.45) is 0.349. The normalized spacial score (nSPS) is 12.5. The number of aryl methyl sites for hydroxylation is 2. The third-order valence-corrected chi connectivity index (χ3v) is 8.61. The van der Waals surface area contributed by atoms with E-state index in [-0.39, 0.29) is 23.0 Å². The maximum atomic E-state index is 14.1. The van der Waals surface area contributed by atoms with Crippen molar-refractivity contribution in [2.75, 3.05) is 10.8 Å². The Morgan fingerprint density at radius 3 is 2.12 bits per heavy atom. The Balaban J connectivity index is 2.08. The highest BCUT2D eigenvalue weighted by Gasteiger charge is 2.34. The molecule has 0 fully saturated rings. The SMILES string of the molecule is CCC(C(=O)NC(C)(C)C)N(Cc1ccccc1)C(=O)CN(c1ccc(C)c(Cl)c1)S(=O)(=O)c1ccc(C)cc1. The van der Waals surface area contributed by atoms with Crippen LogP contribution in [-0.4, -0.2) is 43.3 Å². The van der Waals surface area contributed by atoms with Crippen molar-refractivity contribution in [2.24, 2.45) is 0 Å². The topological polar surface area (TPSA) is 86.8 Å². The van der Waals surface area contributed by atoms with Gasteiger partial charge in [-0.3, -0.25) is 13.9 Å². The van der Waals surface area contributed by atoms with Crippen LogP contribution in [-0.2, 0) is 26.2 Å². The third kappa shape index (κ3) is 7.86. The van der Waals surface area contributed by atoms with Crippen LogP contribution in [0.2, 0.25) is 5.02 Å². The molecule has 0 saturated carbocycles. The molecule has 9 heteroatoms. The number of rotatable bonds is 10. The summed E-state index contributed by atoms with van der Waals surface area (Å²) in [4.78, 5) is 29.0. The molecule has 0 aliphatic rings. The summed E-state index contributed by atoms with van der Waals surface area (Å²) >= 11 is 6.39. The van der Waals surface area contributed by atoms with E-state index in [9.17, 15) is 18.0 Å². The van der Waals surface area contributed by atoms with Gasteiger partial charge in [-0.2, -0.15) is 0 Å². The lowest BCUT2D eigenvalue weighted by Crippen LogP contribution is -2.55. The van der Waals surface area contributed by atoms with Crippen molar-refractivity contribution in [1.82, 2.24) is 10.2 Å². The number of hydrogen-bond acceptors (Lipinski definition) is 4. The number of amides is 2. The number of anilines is 1. The quantitative estimate of drug-likeness (QED) is 0.323. The van der Waals surface area contributed by atoms with Crippen molar-refractivity contribution in [3.63, 3.8) is 0 Å². The lowest BCUT2D eigenvalue weighted by molar-refractivity contribution is -0.141. The van der Waals surface area contributed by atoms with Crippen molar-refractivity contribution in [3.8, 4) is 0 Å². The lowest BCUT2D eigenvalue weighted by Gasteiger charge is -2.34. The summed E-state index contributed by atoms with van der Waals surface area (Å²) in [6.45, 7) is 10.8. The summed E-state index contributed by atoms with van der Waals surface area (Å²) in [5.74, 6) is -0.808. The van der Waals surface area contributed by atoms with Crippen LogP contribution in [0.1, 0.15) is 50.8 Å². The minimum Gasteiger partial charge on any atom is -0.350 e. The van der Waals surface area contributed by atoms with Gasteiger partial charge in [0.25, 0.3) is 10.0 Å². The maximum absolute atomic E-state index is 14.1. The van der Waals surface area contributed by atoms with Gasteiger partial charge >= 0.3 is 0 Å². The molecular weight excluding hydrogens is 546 g/mol. The van der Waals surface area contributed by atoms with Gasteiger partial charge in [-0.25, -0.2) is 8.42 Å². The van der Waals surface area contributed by atoms with Gasteiger partial charge in [0.1, 0.15) is 12.6 Å². The van der Waals surface area contributed by atoms with E-state index in [0.29, 0.717) is 11.4 Å². The van der Waals surface area contributed by atoms with E-state index < -0.39 is 34.1 Å². The fourth-order valence-electron chi connectivity index (χ4n) is 4.26. The van der Waals surface area contributed by atoms with E-state index in [1.165, 1.54) is 17.0 Å². The Bertz CT molecular complexity index is 1440. The highest BCUT2D eigenvalue weighted by atomic mass is 35.5. The number of nitrogens with one attached hydrogen (secondary N) is 1. The molecule has 0 aliphatic carbocycles. The second-order valence-electron chi connectivity index (χ2n) is 10.9. The first-order valence-electron chi connectivity index (χ1n) is 13.2. The van der Waals surface area contributed by atoms with Crippen LogP contribution in [0.3, 0.4) is 0 Å². The third-order valence-electron chi connectivity index (χ3n) is 6.41. The fraction of sp³-hybridized carbons (Fsp3) is 0.355. The van der Waals surface area contributed by atoms with Gasteiger partial charge in [0.05, 0.1) is 10.6 Å². The van der Waals surface area contributed by atoms with E-state index in [4.69, 9.17) is 11.6 Å². The second-order valence-corrected chi connectivity index (χ2v) is 13.2. The van der Waals surface area contributed by atoms with Crippen molar-refractivity contribution in [3.05, 3.63) is 94.5 Å². The molecule has 0 spiro atoms. The summed E-state index contributed by atoms with van der Waals surface area (Å²) in [7, 11) is -4.16. The number of sulfonamides is 1. The van der Waals surface area contributed by atoms with Gasteiger partial charge in [-0.15, -0.1) is 0 Å². The molecule has 7 nitrogen and oxygen atoms in total. The minimum atomic E-state index is -4.16. The Hall–Kier alpha value is -3.36. The molecule has 0 aliphatic heterocycles. The van der Waals surface area contributed by atoms with E-state index in [2.05, 4.69) is 5.32 Å². The first-order valence-corrected chi connectivity index (χ1v) is 15.1. The number of hydrogen-bond donors (Lipinski definition) is 1. The highest BCUT2D eigenvalue weighted by Crippen LogP contribution is 2.29. The van der Waals surface area contributed by atoms with Gasteiger partial charge in [0.15, 0.2) is 0 Å². The van der Waals surface area contributed by atoms with Crippen LogP contribution in [0.4, 0.5) is 5.69 Å². The predicted octanol–water partition coefficient (Wildman–Crippen LogP) is 5.87. The Morgan fingerprint density at radius 2 is 1.57 bits per heavy atom. The van der Waals surface area contributed by atoms with Crippen LogP contribution in [0.15, 0.2) is 77.7 Å². The zero-order chi connectivity index (χ0) is 29.7. The lowest BCUT2D eigenvalue weighted by atomic mass is 10.1. The zero-order valence-corrected chi connectivity index (χ0v) is 25.5. The molecule has 3 rings (SSSR count). The first kappa shape index (κ1) is 31.2. The Morgan fingerprint density at radius 1 is 0.950 bits per heavy atom. The van der Waals surface area contributed by atoms with Crippen LogP contribution < -0.4 is 9.62 Å². The molecule has 0 heterocycles. The van der Waals surface area contributed by atoms with Crippen molar-refractivity contribution < 1.29 is 18.0 Å². The van der Waals surface area contributed by atoms with E-state index >= 15 is 0 Å². The maximum Gasteiger partial charge on any atom is 0.264 e. The number of benzene rings is 3. The van der Waals surface area contributed by atoms with Crippen LogP contribution in [0, 0.1) is 13.8 Å². The van der Waals surface area contributed by atoms with Crippen LogP contribution in [0.25, 0.3) is 0 Å². The van der Waals surface area contributed by atoms with E-state index in [0.717, 1.165) is 21.0 Å². The van der Waals surface area contributed by atoms with Crippen molar-refractivity contribution in [1.29, 1.82) is 0 Å². The molecular formula is C31H38ClN3O4S. The van der Waals surface area contributed by atoms with E-state index in [1.807, 2.05) is 71.9 Å². The van der Waals surface area contributed by atoms with Crippen LogP contribution >= 0.6 is 11.6 Å². The molecule has 40 heavy (non-hydrogen) atoms. The molecule has 1 N–H and O–H groups in total. The zero-order valence-electron chi connectivity index (χ0n) is 23.9. The Kier molecular flexibility index (Phi) is 10.0. The molecule has 3 aromatic rings. The predicted molar refractivity (Wildman–Crippen MR) is 161 cm³/mol. The summed E-state index contributed by atoms with van der Waals surface area (Å²) in [5, 5.41) is 3.35. The number of nitrogens with zero attached hydrogens (tertiary/aromatic N) is 2. The number of carbonyl (C=O) groups is 2. The largest absolute Gasteiger partial charge is 0.350 e. The first-order chi connectivity index (χ1) is 18.7. The van der Waals surface area contributed by atoms with Gasteiger partial charge in [0.2, 0.25) is 11.8 Å². The monoisotopic (exact) mass is 583 g/mol. The van der Waals surface area contributed by atoms with Crippen molar-refractivity contribution in [2.45, 2.75) is 71.0 Å². The smallest absolute Gasteiger partial charge is 0.264 e. The molecule has 1 atom stereocenters. The molecule has 0 saturated heterocycles. The van der Waals surface area contributed by atoms with Gasteiger partial charge in [-0.1, -0.05) is 72.6 Å². The van der Waals surface area contributed by atoms with E-state index in [1.54, 1.807) is 30.3 Å². The van der Waals surface area contributed by atoms with Gasteiger partial charge in [0, 0.05) is 17.1 Å². The summed E-state index contributed by atoms with van der Waals surface area (Å²) in [5.41, 5.74) is 2.26. The molecule has 0 aromatic heterocycles. The highest BCUT2D eigenvalue weighted by molar-refractivity contribution is 7.92. The number of carbonyl (C=O) groups excluding carboxylic acids is 2. The van der Waals surface area contributed by atoms with Crippen LogP contribution in [0.5, 0.6) is 0 Å². The standard InChI is InChI=1S/C31H38ClN3O4S/c1-7-28(30(37)33-31(4,5)6)34(20-24-11-9-8-10-12-24)29(36)21-35(25-16-15-23(3)27(32)19-25)40(38,39)26-17-13-22(2)14-18-26/h8-19,28H,7,20-21H2,1-6H3,(H,33,37). The molecule has 0 bridgehead atoms. The summed E-state index contributed by atoms with van der Waals surface area (Å²) in [6, 6.07) is 19.9. The van der Waals surface area contributed by atoms with Crippen molar-refractivity contribution >= 4 is 39.1 Å². The van der Waals surface area contributed by atoms with Gasteiger partial charge < -0.3 is 10.2 Å². The Labute approximate surface area is 243 Å². The molecule has 214 valence electrons. The minimum absolute atomic E-state index is 0.0507. The van der Waals surface area contributed by atoms with Gasteiger partial charge in [-0.05, 0) is 76.4 Å². The molecule has 2 amide bonds.